The molecule has 0 saturated carbocycles. The Balaban J connectivity index is 1.32. The number of aliphatic hydroxyl groups is 10. The van der Waals surface area contributed by atoms with Crippen molar-refractivity contribution in [2.24, 2.45) is 5.92 Å². The lowest BCUT2D eigenvalue weighted by Crippen LogP contribution is -2.64. The number of aliphatic hydroxyl groups excluding tert-OH is 10. The molecule has 20 atom stereocenters. The molecule has 4 aliphatic rings. The Morgan fingerprint density at radius 1 is 0.426 bits per heavy atom. The van der Waals surface area contributed by atoms with Crippen molar-refractivity contribution in [2.45, 2.75) is 260 Å². The molecule has 108 heavy (non-hydrogen) atoms. The number of rotatable bonds is 52. The van der Waals surface area contributed by atoms with Crippen LogP contribution in [0.2, 0.25) is 0 Å². The Hall–Kier alpha value is -5.61. The van der Waals surface area contributed by atoms with E-state index in [1.165, 1.54) is 20.8 Å². The summed E-state index contributed by atoms with van der Waals surface area (Å²) in [6, 6.07) is -6.18. The van der Waals surface area contributed by atoms with Crippen LogP contribution in [0.15, 0.2) is 0 Å². The molecule has 39 heteroatoms. The quantitative estimate of drug-likeness (QED) is 0.0252. The van der Waals surface area contributed by atoms with Gasteiger partial charge in [0.25, 0.3) is 0 Å². The van der Waals surface area contributed by atoms with Crippen molar-refractivity contribution >= 4 is 53.2 Å². The molecule has 0 aromatic rings. The van der Waals surface area contributed by atoms with Crippen molar-refractivity contribution in [2.75, 3.05) is 119 Å². The fraction of sp³-hybridized carbons (Fsp3) is 0.870. The highest BCUT2D eigenvalue weighted by Gasteiger charge is 2.48. The van der Waals surface area contributed by atoms with Crippen molar-refractivity contribution in [3.8, 4) is 0 Å². The molecule has 4 saturated heterocycles. The van der Waals surface area contributed by atoms with E-state index in [1.807, 2.05) is 20.8 Å². The fourth-order valence-corrected chi connectivity index (χ4v) is 12.3. The van der Waals surface area contributed by atoms with Crippen LogP contribution in [0.3, 0.4) is 0 Å². The molecular weight excluding hydrogens is 1430 g/mol. The van der Waals surface area contributed by atoms with Gasteiger partial charge in [-0.3, -0.25) is 43.2 Å². The molecule has 39 nitrogen and oxygen atoms in total. The first-order valence-corrected chi connectivity index (χ1v) is 37.3. The molecule has 17 unspecified atom stereocenters. The van der Waals surface area contributed by atoms with Crippen molar-refractivity contribution in [3.63, 3.8) is 0 Å². The zero-order valence-electron chi connectivity index (χ0n) is 63.0. The molecule has 19 N–H and O–H groups in total. The van der Waals surface area contributed by atoms with E-state index in [-0.39, 0.29) is 136 Å². The van der Waals surface area contributed by atoms with E-state index in [9.17, 15) is 94.2 Å². The van der Waals surface area contributed by atoms with E-state index < -0.39 is 189 Å². The Morgan fingerprint density at radius 2 is 0.815 bits per heavy atom. The second kappa shape index (κ2) is 51.8. The van der Waals surface area contributed by atoms with Crippen LogP contribution >= 0.6 is 0 Å². The van der Waals surface area contributed by atoms with Crippen molar-refractivity contribution < 1.29 is 146 Å². The molecule has 624 valence electrons. The Morgan fingerprint density at radius 3 is 1.25 bits per heavy atom. The van der Waals surface area contributed by atoms with Gasteiger partial charge in [-0.25, -0.2) is 0 Å². The van der Waals surface area contributed by atoms with Gasteiger partial charge in [-0.05, 0) is 46.5 Å². The van der Waals surface area contributed by atoms with Crippen LogP contribution in [-0.2, 0) is 95.3 Å². The highest BCUT2D eigenvalue weighted by atomic mass is 16.7. The van der Waals surface area contributed by atoms with Gasteiger partial charge in [-0.1, -0.05) is 38.5 Å². The van der Waals surface area contributed by atoms with Crippen LogP contribution in [0.4, 0.5) is 0 Å². The van der Waals surface area contributed by atoms with Crippen molar-refractivity contribution in [3.05, 3.63) is 0 Å². The molecular formula is C69H123N9O30. The van der Waals surface area contributed by atoms with Gasteiger partial charge in [0.2, 0.25) is 53.2 Å². The third-order valence-corrected chi connectivity index (χ3v) is 17.9. The second-order valence-corrected chi connectivity index (χ2v) is 28.0. The second-order valence-electron chi connectivity index (χ2n) is 28.0. The minimum Gasteiger partial charge on any atom is -0.396 e. The third-order valence-electron chi connectivity index (χ3n) is 17.9. The summed E-state index contributed by atoms with van der Waals surface area (Å²) in [4.78, 5) is 116. The topological polar surface area (TPSA) is 566 Å². The SMILES string of the molecule is CC(=O)NC1C(OCCOCCNC(=O)CCC(NC(=O)CCC(NC(=O)CCCCCCCCCCC(=O)NC[C@H]2C[C@@H](OC(C)(C)C)[C@H](CO)O2)C(=O)NCCOCCOC2OC(CO)C(O)C(O)C2NC(C)=O)C(=O)NCCOCCOC2OC(CO)C(O)C(O)C2NC(C)=O)OCC(CO)C(O)C1O. The summed E-state index contributed by atoms with van der Waals surface area (Å²) >= 11 is 0. The largest absolute Gasteiger partial charge is 0.396 e. The van der Waals surface area contributed by atoms with E-state index >= 15 is 0 Å². The summed E-state index contributed by atoms with van der Waals surface area (Å²) < 4.78 is 62.6. The van der Waals surface area contributed by atoms with Crippen LogP contribution in [0.5, 0.6) is 0 Å². The number of nitrogens with one attached hydrogen (secondary N) is 9. The lowest BCUT2D eigenvalue weighted by Gasteiger charge is -2.42. The molecule has 4 aliphatic heterocycles. The standard InChI is InChI=1S/C69H123N9O30/c1-40(83)74-55-61(93)58(90)43(35-79)39-104-66(55)101-30-27-98-24-21-70-52(87)19-17-45(64(96)71-22-25-99-28-31-102-67-56(75-41(2)84)62(94)59(91)49(37-81)106-67)78-54(89)20-18-46(65(97)72-23-26-100-29-32-103-68-57(76-42(3)85)63(95)60(92)50(38-82)107-68)77-53(88)16-14-12-10-8-7-9-11-13-15-51(86)73-34-44-33-47(48(36-80)105-44)108-69(4,5)6/h43-50,55-63,66-68,79-82,90-95H,7-39H2,1-6H3,(H,70,87)(H,71,96)(H,72,97)(H,73,86)(H,74,83)(H,75,84)(H,76,85)(H,77,88)(H,78,89)/t43?,44-,45?,46?,47-,48+,49?,50?,55?,56?,57?,58?,59?,60?,61?,62?,63?,66?,67?,68?/m1/s1. The molecule has 0 aromatic carbocycles. The lowest BCUT2D eigenvalue weighted by atomic mass is 9.96. The lowest BCUT2D eigenvalue weighted by molar-refractivity contribution is -0.272. The van der Waals surface area contributed by atoms with E-state index in [0.29, 0.717) is 38.6 Å². The van der Waals surface area contributed by atoms with Gasteiger partial charge in [0.05, 0.1) is 116 Å². The summed E-state index contributed by atoms with van der Waals surface area (Å²) in [5.74, 6) is -5.72. The van der Waals surface area contributed by atoms with Crippen LogP contribution in [0.1, 0.15) is 138 Å². The predicted molar refractivity (Wildman–Crippen MR) is 377 cm³/mol. The molecule has 4 rings (SSSR count). The Kier molecular flexibility index (Phi) is 45.5. The summed E-state index contributed by atoms with van der Waals surface area (Å²) in [6.45, 7) is 6.40. The van der Waals surface area contributed by atoms with Gasteiger partial charge in [-0.2, -0.15) is 0 Å². The van der Waals surface area contributed by atoms with Crippen LogP contribution < -0.4 is 47.9 Å². The van der Waals surface area contributed by atoms with Gasteiger partial charge in [0.15, 0.2) is 18.9 Å². The highest BCUT2D eigenvalue weighted by Crippen LogP contribution is 2.28. The maximum Gasteiger partial charge on any atom is 0.242 e. The average Bonchev–Trinajstić information content (AvgIpc) is 1.16. The maximum absolute atomic E-state index is 13.9. The van der Waals surface area contributed by atoms with E-state index in [2.05, 4.69) is 47.9 Å². The summed E-state index contributed by atoms with van der Waals surface area (Å²) in [6.07, 6.45) is -10.2. The normalized spacial score (nSPS) is 27.8. The van der Waals surface area contributed by atoms with Crippen molar-refractivity contribution in [1.82, 2.24) is 47.9 Å². The van der Waals surface area contributed by atoms with Gasteiger partial charge in [0.1, 0.15) is 79.0 Å². The zero-order chi connectivity index (χ0) is 79.7. The number of ether oxygens (including phenoxy) is 11. The molecule has 0 radical (unpaired) electrons. The van der Waals surface area contributed by atoms with E-state index in [0.717, 1.165) is 32.1 Å². The summed E-state index contributed by atoms with van der Waals surface area (Å²) in [5, 5.41) is 125. The smallest absolute Gasteiger partial charge is 0.242 e. The number of unbranched alkanes of at least 4 members (excludes halogenated alkanes) is 7. The fourth-order valence-electron chi connectivity index (χ4n) is 12.3. The maximum atomic E-state index is 13.9. The summed E-state index contributed by atoms with van der Waals surface area (Å²) in [7, 11) is 0. The van der Waals surface area contributed by atoms with E-state index in [1.54, 1.807) is 0 Å². The molecule has 4 heterocycles. The average molecular weight is 1560 g/mol. The number of amides is 9. The van der Waals surface area contributed by atoms with Crippen molar-refractivity contribution in [1.29, 1.82) is 0 Å². The Bertz CT molecular complexity index is 2660. The number of carbonyl (C=O) groups excluding carboxylic acids is 9. The number of carbonyl (C=O) groups is 9. The summed E-state index contributed by atoms with van der Waals surface area (Å²) in [5.41, 5.74) is -0.404. The molecule has 0 aliphatic carbocycles. The molecule has 9 amide bonds. The Labute approximate surface area is 629 Å². The molecule has 0 spiro atoms. The van der Waals surface area contributed by atoms with Gasteiger partial charge in [0, 0.05) is 85.0 Å². The van der Waals surface area contributed by atoms with E-state index in [4.69, 9.17) is 52.1 Å². The first-order valence-electron chi connectivity index (χ1n) is 37.3. The van der Waals surface area contributed by atoms with Crippen LogP contribution in [0, 0.1) is 5.92 Å². The predicted octanol–water partition coefficient (Wildman–Crippen LogP) is -6.61. The number of hydrogen-bond acceptors (Lipinski definition) is 30. The highest BCUT2D eigenvalue weighted by molar-refractivity contribution is 5.90. The molecule has 0 bridgehead atoms. The first kappa shape index (κ1) is 94.8. The van der Waals surface area contributed by atoms with Crippen LogP contribution in [0.25, 0.3) is 0 Å². The van der Waals surface area contributed by atoms with Gasteiger partial charge < -0.3 is 151 Å². The number of hydrogen-bond donors (Lipinski definition) is 19. The van der Waals surface area contributed by atoms with Crippen LogP contribution in [-0.4, -0.2) is 345 Å². The minimum atomic E-state index is -1.54. The minimum absolute atomic E-state index is 0.0171. The zero-order valence-corrected chi connectivity index (χ0v) is 63.0. The monoisotopic (exact) mass is 1560 g/mol. The van der Waals surface area contributed by atoms with Gasteiger partial charge in [-0.15, -0.1) is 0 Å². The molecule has 4 fully saturated rings. The molecule has 0 aromatic heterocycles. The third kappa shape index (κ3) is 35.8. The van der Waals surface area contributed by atoms with Gasteiger partial charge >= 0.3 is 0 Å². The first-order chi connectivity index (χ1) is 51.5.